The monoisotopic (exact) mass is 225 g/mol. The lowest BCUT2D eigenvalue weighted by atomic mass is 9.87. The largest absolute Gasteiger partial charge is 0.480 e. The molecule has 1 amide bonds. The van der Waals surface area contributed by atoms with Crippen molar-refractivity contribution in [2.24, 2.45) is 5.41 Å². The lowest BCUT2D eigenvalue weighted by molar-refractivity contribution is -0.143. The first-order valence-corrected chi connectivity index (χ1v) is 5.64. The highest BCUT2D eigenvalue weighted by atomic mass is 16.4. The van der Waals surface area contributed by atoms with E-state index in [1.807, 2.05) is 6.92 Å². The Hall–Kier alpha value is -1.32. The van der Waals surface area contributed by atoms with Crippen molar-refractivity contribution in [1.82, 2.24) is 5.32 Å². The standard InChI is InChI=1S/C12H19NO3/c1-3-6-9(10(14)15)13-11(16)12(2)7-4-5-8-12/h3,9H,1,4-8H2,2H3,(H,13,16)(H,14,15). The van der Waals surface area contributed by atoms with E-state index in [4.69, 9.17) is 5.11 Å². The van der Waals surface area contributed by atoms with E-state index in [1.54, 1.807) is 0 Å². The van der Waals surface area contributed by atoms with E-state index < -0.39 is 12.0 Å². The number of carboxylic acid groups (broad SMARTS) is 1. The minimum atomic E-state index is -1.00. The van der Waals surface area contributed by atoms with Gasteiger partial charge in [0, 0.05) is 5.41 Å². The molecule has 0 bridgehead atoms. The van der Waals surface area contributed by atoms with Gasteiger partial charge in [-0.3, -0.25) is 4.79 Å². The average Bonchev–Trinajstić information content (AvgIpc) is 2.65. The fraction of sp³-hybridized carbons (Fsp3) is 0.667. The fourth-order valence-corrected chi connectivity index (χ4v) is 2.10. The molecule has 0 aromatic heterocycles. The number of carbonyl (C=O) groups excluding carboxylic acids is 1. The van der Waals surface area contributed by atoms with Gasteiger partial charge < -0.3 is 10.4 Å². The van der Waals surface area contributed by atoms with Gasteiger partial charge in [0.2, 0.25) is 5.91 Å². The summed E-state index contributed by atoms with van der Waals surface area (Å²) in [6.07, 6.45) is 5.55. The first-order chi connectivity index (χ1) is 7.49. The summed E-state index contributed by atoms with van der Waals surface area (Å²) in [4.78, 5) is 22.8. The number of carbonyl (C=O) groups is 2. The molecule has 90 valence electrons. The Balaban J connectivity index is 2.60. The zero-order chi connectivity index (χ0) is 12.2. The second-order valence-corrected chi connectivity index (χ2v) is 4.66. The molecule has 0 spiro atoms. The number of hydrogen-bond acceptors (Lipinski definition) is 2. The number of nitrogens with one attached hydrogen (secondary N) is 1. The Morgan fingerprint density at radius 1 is 1.50 bits per heavy atom. The smallest absolute Gasteiger partial charge is 0.326 e. The molecule has 4 nitrogen and oxygen atoms in total. The molecule has 16 heavy (non-hydrogen) atoms. The van der Waals surface area contributed by atoms with E-state index in [0.717, 1.165) is 25.7 Å². The van der Waals surface area contributed by atoms with E-state index in [0.29, 0.717) is 0 Å². The van der Waals surface area contributed by atoms with Crippen LogP contribution < -0.4 is 5.32 Å². The third kappa shape index (κ3) is 2.84. The van der Waals surface area contributed by atoms with E-state index in [1.165, 1.54) is 6.08 Å². The van der Waals surface area contributed by atoms with Crippen molar-refractivity contribution in [2.45, 2.75) is 45.1 Å². The molecule has 1 rings (SSSR count). The van der Waals surface area contributed by atoms with Crippen molar-refractivity contribution in [3.05, 3.63) is 12.7 Å². The summed E-state index contributed by atoms with van der Waals surface area (Å²) in [7, 11) is 0. The molecule has 4 heteroatoms. The first-order valence-electron chi connectivity index (χ1n) is 5.64. The third-order valence-electron chi connectivity index (χ3n) is 3.26. The van der Waals surface area contributed by atoms with Crippen molar-refractivity contribution in [2.75, 3.05) is 0 Å². The lowest BCUT2D eigenvalue weighted by Crippen LogP contribution is -2.46. The fourth-order valence-electron chi connectivity index (χ4n) is 2.10. The molecule has 0 aromatic rings. The SMILES string of the molecule is C=CCC(NC(=O)C1(C)CCCC1)C(=O)O. The molecule has 0 heterocycles. The maximum atomic E-state index is 11.9. The normalized spacial score (nSPS) is 20.1. The van der Waals surface area contributed by atoms with E-state index >= 15 is 0 Å². The van der Waals surface area contributed by atoms with Crippen LogP contribution in [-0.2, 0) is 9.59 Å². The molecular weight excluding hydrogens is 206 g/mol. The van der Waals surface area contributed by atoms with Crippen LogP contribution in [0.25, 0.3) is 0 Å². The summed E-state index contributed by atoms with van der Waals surface area (Å²) in [5.74, 6) is -1.14. The van der Waals surface area contributed by atoms with Crippen LogP contribution in [0.2, 0.25) is 0 Å². The van der Waals surface area contributed by atoms with Crippen molar-refractivity contribution in [1.29, 1.82) is 0 Å². The molecule has 1 aliphatic carbocycles. The zero-order valence-electron chi connectivity index (χ0n) is 9.66. The number of rotatable bonds is 5. The quantitative estimate of drug-likeness (QED) is 0.700. The van der Waals surface area contributed by atoms with Gasteiger partial charge in [0.25, 0.3) is 0 Å². The zero-order valence-corrected chi connectivity index (χ0v) is 9.66. The third-order valence-corrected chi connectivity index (χ3v) is 3.26. The molecule has 0 aromatic carbocycles. The van der Waals surface area contributed by atoms with Crippen LogP contribution in [0.4, 0.5) is 0 Å². The van der Waals surface area contributed by atoms with Crippen LogP contribution in [0.1, 0.15) is 39.0 Å². The summed E-state index contributed by atoms with van der Waals surface area (Å²) in [5, 5.41) is 11.5. The second kappa shape index (κ2) is 5.14. The second-order valence-electron chi connectivity index (χ2n) is 4.66. The molecule has 1 fully saturated rings. The van der Waals surface area contributed by atoms with Gasteiger partial charge in [0.05, 0.1) is 0 Å². The van der Waals surface area contributed by atoms with Crippen LogP contribution in [-0.4, -0.2) is 23.0 Å². The van der Waals surface area contributed by atoms with Gasteiger partial charge in [-0.15, -0.1) is 6.58 Å². The van der Waals surface area contributed by atoms with Crippen molar-refractivity contribution in [3.63, 3.8) is 0 Å². The Labute approximate surface area is 95.7 Å². The van der Waals surface area contributed by atoms with Gasteiger partial charge in [-0.1, -0.05) is 25.8 Å². The summed E-state index contributed by atoms with van der Waals surface area (Å²) in [5.41, 5.74) is -0.380. The average molecular weight is 225 g/mol. The van der Waals surface area contributed by atoms with Crippen LogP contribution in [0.15, 0.2) is 12.7 Å². The Morgan fingerprint density at radius 3 is 2.50 bits per heavy atom. The van der Waals surface area contributed by atoms with E-state index in [2.05, 4.69) is 11.9 Å². The Morgan fingerprint density at radius 2 is 2.06 bits per heavy atom. The highest BCUT2D eigenvalue weighted by Gasteiger charge is 2.37. The highest BCUT2D eigenvalue weighted by Crippen LogP contribution is 2.37. The predicted octanol–water partition coefficient (Wildman–Crippen LogP) is 1.71. The van der Waals surface area contributed by atoms with Gasteiger partial charge >= 0.3 is 5.97 Å². The van der Waals surface area contributed by atoms with Crippen LogP contribution in [0, 0.1) is 5.41 Å². The highest BCUT2D eigenvalue weighted by molar-refractivity contribution is 5.87. The number of carboxylic acids is 1. The minimum Gasteiger partial charge on any atom is -0.480 e. The molecule has 0 aliphatic heterocycles. The van der Waals surface area contributed by atoms with Gasteiger partial charge in [-0.25, -0.2) is 4.79 Å². The van der Waals surface area contributed by atoms with Gasteiger partial charge in [0.15, 0.2) is 0 Å². The van der Waals surface area contributed by atoms with Crippen LogP contribution in [0.3, 0.4) is 0 Å². The minimum absolute atomic E-state index is 0.140. The Bertz CT molecular complexity index is 293. The maximum Gasteiger partial charge on any atom is 0.326 e. The van der Waals surface area contributed by atoms with Crippen molar-refractivity contribution >= 4 is 11.9 Å². The number of hydrogen-bond donors (Lipinski definition) is 2. The summed E-state index contributed by atoms with van der Waals surface area (Å²) in [6, 6.07) is -0.845. The molecular formula is C12H19NO3. The number of aliphatic carboxylic acids is 1. The molecule has 1 unspecified atom stereocenters. The molecule has 2 N–H and O–H groups in total. The molecule has 0 saturated heterocycles. The summed E-state index contributed by atoms with van der Waals surface area (Å²) >= 11 is 0. The van der Waals surface area contributed by atoms with Crippen LogP contribution in [0.5, 0.6) is 0 Å². The summed E-state index contributed by atoms with van der Waals surface area (Å²) < 4.78 is 0. The van der Waals surface area contributed by atoms with E-state index in [-0.39, 0.29) is 17.7 Å². The van der Waals surface area contributed by atoms with Crippen molar-refractivity contribution in [3.8, 4) is 0 Å². The van der Waals surface area contributed by atoms with Crippen LogP contribution >= 0.6 is 0 Å². The van der Waals surface area contributed by atoms with Gasteiger partial charge in [-0.2, -0.15) is 0 Å². The molecule has 0 radical (unpaired) electrons. The summed E-state index contributed by atoms with van der Waals surface area (Å²) in [6.45, 7) is 5.40. The Kier molecular flexibility index (Phi) is 4.10. The van der Waals surface area contributed by atoms with Crippen molar-refractivity contribution < 1.29 is 14.7 Å². The molecule has 1 saturated carbocycles. The predicted molar refractivity (Wildman–Crippen MR) is 61.0 cm³/mol. The molecule has 1 aliphatic rings. The van der Waals surface area contributed by atoms with Gasteiger partial charge in [-0.05, 0) is 19.3 Å². The number of amides is 1. The topological polar surface area (TPSA) is 66.4 Å². The lowest BCUT2D eigenvalue weighted by Gasteiger charge is -2.24. The molecule has 1 atom stereocenters. The van der Waals surface area contributed by atoms with Gasteiger partial charge in [0.1, 0.15) is 6.04 Å². The van der Waals surface area contributed by atoms with E-state index in [9.17, 15) is 9.59 Å². The maximum absolute atomic E-state index is 11.9. The first kappa shape index (κ1) is 12.7.